The van der Waals surface area contributed by atoms with E-state index < -0.39 is 0 Å². The van der Waals surface area contributed by atoms with E-state index in [-0.39, 0.29) is 18.0 Å². The molecule has 0 aliphatic rings. The number of aromatic nitrogens is 2. The average molecular weight is 311 g/mol. The molecular formula is C17H17N3O3. The van der Waals surface area contributed by atoms with Gasteiger partial charge in [0.1, 0.15) is 5.75 Å². The van der Waals surface area contributed by atoms with Crippen LogP contribution in [0.4, 0.5) is 5.69 Å². The van der Waals surface area contributed by atoms with E-state index in [1.165, 1.54) is 0 Å². The van der Waals surface area contributed by atoms with Crippen molar-refractivity contribution < 1.29 is 9.53 Å². The molecule has 0 atom stereocenters. The monoisotopic (exact) mass is 311 g/mol. The highest BCUT2D eigenvalue weighted by Gasteiger charge is 2.06. The van der Waals surface area contributed by atoms with Gasteiger partial charge in [0.05, 0.1) is 24.1 Å². The van der Waals surface area contributed by atoms with Crippen molar-refractivity contribution in [3.63, 3.8) is 0 Å². The molecule has 3 aromatic rings. The van der Waals surface area contributed by atoms with Gasteiger partial charge in [0, 0.05) is 5.69 Å². The molecule has 0 saturated carbocycles. The molecule has 6 heteroatoms. The van der Waals surface area contributed by atoms with E-state index in [2.05, 4.69) is 15.3 Å². The first-order chi connectivity index (χ1) is 11.1. The Kier molecular flexibility index (Phi) is 4.14. The molecule has 118 valence electrons. The fourth-order valence-electron chi connectivity index (χ4n) is 2.38. The van der Waals surface area contributed by atoms with E-state index in [0.29, 0.717) is 12.1 Å². The molecule has 23 heavy (non-hydrogen) atoms. The van der Waals surface area contributed by atoms with Gasteiger partial charge >= 0.3 is 5.69 Å². The van der Waals surface area contributed by atoms with Crippen LogP contribution < -0.4 is 15.7 Å². The topological polar surface area (TPSA) is 87.0 Å². The first-order valence-corrected chi connectivity index (χ1v) is 7.37. The van der Waals surface area contributed by atoms with Gasteiger partial charge in [0.15, 0.2) is 0 Å². The number of hydrogen-bond donors (Lipinski definition) is 3. The van der Waals surface area contributed by atoms with Crippen molar-refractivity contribution in [1.29, 1.82) is 0 Å². The maximum absolute atomic E-state index is 12.1. The van der Waals surface area contributed by atoms with Crippen molar-refractivity contribution in [1.82, 2.24) is 9.97 Å². The SMILES string of the molecule is CCOc1ccc(NC(=O)Cc2ccc3[nH]c(=O)[nH]c3c2)cc1. The summed E-state index contributed by atoms with van der Waals surface area (Å²) in [6, 6.07) is 12.6. The minimum atomic E-state index is -0.254. The number of rotatable bonds is 5. The highest BCUT2D eigenvalue weighted by Crippen LogP contribution is 2.16. The summed E-state index contributed by atoms with van der Waals surface area (Å²) in [6.07, 6.45) is 0.233. The molecule has 6 nitrogen and oxygen atoms in total. The lowest BCUT2D eigenvalue weighted by Gasteiger charge is -2.07. The first kappa shape index (κ1) is 14.9. The van der Waals surface area contributed by atoms with Crippen molar-refractivity contribution in [2.75, 3.05) is 11.9 Å². The Morgan fingerprint density at radius 3 is 2.57 bits per heavy atom. The van der Waals surface area contributed by atoms with Crippen LogP contribution in [-0.2, 0) is 11.2 Å². The zero-order chi connectivity index (χ0) is 16.2. The van der Waals surface area contributed by atoms with E-state index >= 15 is 0 Å². The molecule has 0 spiro atoms. The molecule has 0 aliphatic heterocycles. The van der Waals surface area contributed by atoms with Crippen LogP contribution in [-0.4, -0.2) is 22.5 Å². The maximum Gasteiger partial charge on any atom is 0.323 e. The number of benzene rings is 2. The van der Waals surface area contributed by atoms with Gasteiger partial charge in [-0.2, -0.15) is 0 Å². The molecule has 0 fully saturated rings. The third-order valence-corrected chi connectivity index (χ3v) is 3.39. The van der Waals surface area contributed by atoms with Crippen molar-refractivity contribution in [3.05, 3.63) is 58.5 Å². The number of fused-ring (bicyclic) bond motifs is 1. The second kappa shape index (κ2) is 6.39. The molecule has 0 aliphatic carbocycles. The summed E-state index contributed by atoms with van der Waals surface area (Å²) in [6.45, 7) is 2.53. The third-order valence-electron chi connectivity index (χ3n) is 3.39. The van der Waals surface area contributed by atoms with Gasteiger partial charge in [-0.15, -0.1) is 0 Å². The second-order valence-corrected chi connectivity index (χ2v) is 5.14. The zero-order valence-corrected chi connectivity index (χ0v) is 12.7. The van der Waals surface area contributed by atoms with E-state index in [4.69, 9.17) is 4.74 Å². The zero-order valence-electron chi connectivity index (χ0n) is 12.7. The van der Waals surface area contributed by atoms with E-state index in [0.717, 1.165) is 22.5 Å². The van der Waals surface area contributed by atoms with Gasteiger partial charge in [0.25, 0.3) is 0 Å². The first-order valence-electron chi connectivity index (χ1n) is 7.37. The van der Waals surface area contributed by atoms with Gasteiger partial charge in [-0.05, 0) is 48.9 Å². The van der Waals surface area contributed by atoms with Gasteiger partial charge in [-0.3, -0.25) is 4.79 Å². The highest BCUT2D eigenvalue weighted by molar-refractivity contribution is 5.92. The summed E-state index contributed by atoms with van der Waals surface area (Å²) in [4.78, 5) is 28.7. The fraction of sp³-hybridized carbons (Fsp3) is 0.176. The van der Waals surface area contributed by atoms with Gasteiger partial charge in [-0.1, -0.05) is 6.07 Å². The molecule has 3 N–H and O–H groups in total. The number of ether oxygens (including phenoxy) is 1. The van der Waals surface area contributed by atoms with E-state index in [1.807, 2.05) is 25.1 Å². The molecule has 0 saturated heterocycles. The number of nitrogens with one attached hydrogen (secondary N) is 3. The van der Waals surface area contributed by atoms with Crippen LogP contribution >= 0.6 is 0 Å². The summed E-state index contributed by atoms with van der Waals surface area (Å²) >= 11 is 0. The van der Waals surface area contributed by atoms with Crippen LogP contribution in [0.2, 0.25) is 0 Å². The highest BCUT2D eigenvalue weighted by atomic mass is 16.5. The Morgan fingerprint density at radius 2 is 1.83 bits per heavy atom. The van der Waals surface area contributed by atoms with Crippen LogP contribution in [0, 0.1) is 0 Å². The number of H-pyrrole nitrogens is 2. The Morgan fingerprint density at radius 1 is 1.09 bits per heavy atom. The summed E-state index contributed by atoms with van der Waals surface area (Å²) in [5, 5.41) is 2.84. The van der Waals surface area contributed by atoms with Crippen molar-refractivity contribution in [2.45, 2.75) is 13.3 Å². The number of anilines is 1. The maximum atomic E-state index is 12.1. The lowest BCUT2D eigenvalue weighted by Crippen LogP contribution is -2.14. The minimum Gasteiger partial charge on any atom is -0.494 e. The predicted octanol–water partition coefficient (Wildman–Crippen LogP) is 2.44. The molecule has 0 radical (unpaired) electrons. The molecular weight excluding hydrogens is 294 g/mol. The van der Waals surface area contributed by atoms with Crippen LogP contribution in [0.1, 0.15) is 12.5 Å². The predicted molar refractivity (Wildman–Crippen MR) is 88.9 cm³/mol. The number of hydrogen-bond acceptors (Lipinski definition) is 3. The van der Waals surface area contributed by atoms with E-state index in [9.17, 15) is 9.59 Å². The number of carbonyl (C=O) groups is 1. The standard InChI is InChI=1S/C17H17N3O3/c1-2-23-13-6-4-12(5-7-13)18-16(21)10-11-3-8-14-15(9-11)20-17(22)19-14/h3-9H,2,10H2,1H3,(H,18,21)(H2,19,20,22). The normalized spacial score (nSPS) is 10.7. The smallest absolute Gasteiger partial charge is 0.323 e. The van der Waals surface area contributed by atoms with Crippen molar-refractivity contribution in [3.8, 4) is 5.75 Å². The molecule has 3 rings (SSSR count). The van der Waals surface area contributed by atoms with Gasteiger partial charge in [-0.25, -0.2) is 4.79 Å². The summed E-state index contributed by atoms with van der Waals surface area (Å²) in [5.74, 6) is 0.652. The Balaban J connectivity index is 1.66. The average Bonchev–Trinajstić information content (AvgIpc) is 2.89. The third kappa shape index (κ3) is 3.60. The number of aromatic amines is 2. The summed E-state index contributed by atoms with van der Waals surface area (Å²) in [7, 11) is 0. The fourth-order valence-corrected chi connectivity index (χ4v) is 2.38. The van der Waals surface area contributed by atoms with Crippen LogP contribution in [0.5, 0.6) is 5.75 Å². The van der Waals surface area contributed by atoms with Crippen molar-refractivity contribution >= 4 is 22.6 Å². The number of amides is 1. The molecule has 1 amide bonds. The van der Waals surface area contributed by atoms with Crippen molar-refractivity contribution in [2.24, 2.45) is 0 Å². The second-order valence-electron chi connectivity index (χ2n) is 5.14. The molecule has 1 aromatic heterocycles. The van der Waals surface area contributed by atoms with Crippen LogP contribution in [0.3, 0.4) is 0 Å². The molecule has 0 unspecified atom stereocenters. The summed E-state index contributed by atoms with van der Waals surface area (Å²) in [5.41, 5.74) is 2.72. The molecule has 0 bridgehead atoms. The Labute approximate surface area is 132 Å². The largest absolute Gasteiger partial charge is 0.494 e. The Bertz CT molecular complexity index is 878. The van der Waals surface area contributed by atoms with Crippen LogP contribution in [0.25, 0.3) is 11.0 Å². The lowest BCUT2D eigenvalue weighted by molar-refractivity contribution is -0.115. The number of carbonyl (C=O) groups excluding carboxylic acids is 1. The molecule has 2 aromatic carbocycles. The van der Waals surface area contributed by atoms with Crippen LogP contribution in [0.15, 0.2) is 47.3 Å². The number of imidazole rings is 1. The minimum absolute atomic E-state index is 0.119. The Hall–Kier alpha value is -3.02. The lowest BCUT2D eigenvalue weighted by atomic mass is 10.1. The summed E-state index contributed by atoms with van der Waals surface area (Å²) < 4.78 is 5.36. The molecule has 1 heterocycles. The quantitative estimate of drug-likeness (QED) is 0.676. The van der Waals surface area contributed by atoms with Gasteiger partial charge in [0.2, 0.25) is 5.91 Å². The van der Waals surface area contributed by atoms with E-state index in [1.54, 1.807) is 24.3 Å². The van der Waals surface area contributed by atoms with Gasteiger partial charge < -0.3 is 20.0 Å².